The van der Waals surface area contributed by atoms with Crippen molar-refractivity contribution in [2.24, 2.45) is 0 Å². The molecule has 1 N–H and O–H groups in total. The van der Waals surface area contributed by atoms with E-state index in [1.807, 2.05) is 19.1 Å². The number of carbonyl (C=O) groups is 1. The zero-order valence-corrected chi connectivity index (χ0v) is 9.24. The van der Waals surface area contributed by atoms with E-state index in [1.165, 1.54) is 0 Å². The van der Waals surface area contributed by atoms with Gasteiger partial charge in [-0.05, 0) is 25.0 Å². The minimum absolute atomic E-state index is 0.468. The van der Waals surface area contributed by atoms with Crippen LogP contribution < -0.4 is 0 Å². The van der Waals surface area contributed by atoms with Crippen LogP contribution in [0.3, 0.4) is 0 Å². The smallest absolute Gasteiger partial charge is 0.311 e. The van der Waals surface area contributed by atoms with Gasteiger partial charge in [-0.25, -0.2) is 0 Å². The summed E-state index contributed by atoms with van der Waals surface area (Å²) in [6.45, 7) is 1.87. The van der Waals surface area contributed by atoms with Crippen LogP contribution >= 0.6 is 11.6 Å². The zero-order valence-electron chi connectivity index (χ0n) is 8.48. The number of aliphatic carboxylic acids is 1. The standard InChI is InChI=1S/C12H13ClO2/c1-2-3-6-10(12(14)15)9-7-4-5-8-11(9)13/h2-5,7-8,10H,6H2,1H3,(H,14,15). The monoisotopic (exact) mass is 224 g/mol. The van der Waals surface area contributed by atoms with Gasteiger partial charge in [0.2, 0.25) is 0 Å². The van der Waals surface area contributed by atoms with Crippen LogP contribution in [0.1, 0.15) is 24.8 Å². The van der Waals surface area contributed by atoms with E-state index >= 15 is 0 Å². The van der Waals surface area contributed by atoms with Crippen LogP contribution in [0.15, 0.2) is 36.4 Å². The van der Waals surface area contributed by atoms with Crippen molar-refractivity contribution in [3.05, 3.63) is 47.0 Å². The summed E-state index contributed by atoms with van der Waals surface area (Å²) in [5.74, 6) is -1.41. The van der Waals surface area contributed by atoms with Crippen LogP contribution in [0, 0.1) is 0 Å². The van der Waals surface area contributed by atoms with Gasteiger partial charge < -0.3 is 5.11 Å². The van der Waals surface area contributed by atoms with Gasteiger partial charge in [0, 0.05) is 5.02 Å². The first-order chi connectivity index (χ1) is 7.16. The average Bonchev–Trinajstić information content (AvgIpc) is 2.20. The lowest BCUT2D eigenvalue weighted by Crippen LogP contribution is -2.11. The van der Waals surface area contributed by atoms with Crippen molar-refractivity contribution in [3.8, 4) is 0 Å². The molecule has 0 aromatic heterocycles. The summed E-state index contributed by atoms with van der Waals surface area (Å²) in [7, 11) is 0. The van der Waals surface area contributed by atoms with Crippen LogP contribution in [-0.4, -0.2) is 11.1 Å². The number of benzene rings is 1. The first kappa shape index (κ1) is 11.8. The van der Waals surface area contributed by atoms with E-state index < -0.39 is 11.9 Å². The quantitative estimate of drug-likeness (QED) is 0.796. The topological polar surface area (TPSA) is 37.3 Å². The minimum Gasteiger partial charge on any atom is -0.481 e. The molecule has 0 bridgehead atoms. The Hall–Kier alpha value is -1.28. The number of hydrogen-bond donors (Lipinski definition) is 1. The van der Waals surface area contributed by atoms with E-state index in [9.17, 15) is 4.79 Å². The van der Waals surface area contributed by atoms with Crippen LogP contribution in [0.2, 0.25) is 5.02 Å². The minimum atomic E-state index is -0.846. The Morgan fingerprint density at radius 3 is 2.73 bits per heavy atom. The van der Waals surface area contributed by atoms with Crippen molar-refractivity contribution in [1.82, 2.24) is 0 Å². The third kappa shape index (κ3) is 3.10. The Bertz CT molecular complexity index is 372. The highest BCUT2D eigenvalue weighted by Crippen LogP contribution is 2.27. The van der Waals surface area contributed by atoms with Gasteiger partial charge in [0.25, 0.3) is 0 Å². The molecule has 80 valence electrons. The van der Waals surface area contributed by atoms with Crippen LogP contribution in [0.5, 0.6) is 0 Å². The molecule has 0 fully saturated rings. The molecule has 1 unspecified atom stereocenters. The number of carboxylic acids is 1. The number of halogens is 1. The largest absolute Gasteiger partial charge is 0.481 e. The SMILES string of the molecule is CC=CCC(C(=O)O)c1ccccc1Cl. The third-order valence-electron chi connectivity index (χ3n) is 2.19. The molecule has 1 aromatic carbocycles. The molecular formula is C12H13ClO2. The summed E-state index contributed by atoms with van der Waals surface area (Å²) in [5, 5.41) is 9.59. The summed E-state index contributed by atoms with van der Waals surface area (Å²) in [4.78, 5) is 11.1. The molecule has 1 atom stereocenters. The maximum atomic E-state index is 11.1. The first-order valence-corrected chi connectivity index (χ1v) is 5.13. The number of carboxylic acid groups (broad SMARTS) is 1. The van der Waals surface area contributed by atoms with Gasteiger partial charge in [0.1, 0.15) is 0 Å². The molecule has 3 heteroatoms. The Morgan fingerprint density at radius 2 is 2.20 bits per heavy atom. The van der Waals surface area contributed by atoms with Gasteiger partial charge in [-0.1, -0.05) is 42.0 Å². The average molecular weight is 225 g/mol. The molecule has 0 aliphatic carbocycles. The van der Waals surface area contributed by atoms with E-state index in [1.54, 1.807) is 24.3 Å². The molecule has 0 heterocycles. The lowest BCUT2D eigenvalue weighted by Gasteiger charge is -2.11. The summed E-state index contributed by atoms with van der Waals surface area (Å²) in [6.07, 6.45) is 4.14. The Morgan fingerprint density at radius 1 is 1.53 bits per heavy atom. The lowest BCUT2D eigenvalue weighted by molar-refractivity contribution is -0.138. The predicted octanol–water partition coefficient (Wildman–Crippen LogP) is 3.47. The molecular weight excluding hydrogens is 212 g/mol. The Balaban J connectivity index is 2.99. The highest BCUT2D eigenvalue weighted by Gasteiger charge is 2.20. The van der Waals surface area contributed by atoms with Gasteiger partial charge in [-0.3, -0.25) is 4.79 Å². The summed E-state index contributed by atoms with van der Waals surface area (Å²) >= 11 is 5.95. The van der Waals surface area contributed by atoms with Crippen LogP contribution in [0.25, 0.3) is 0 Å². The van der Waals surface area contributed by atoms with E-state index in [2.05, 4.69) is 0 Å². The highest BCUT2D eigenvalue weighted by atomic mass is 35.5. The normalized spacial score (nSPS) is 12.9. The Labute approximate surface area is 94.2 Å². The highest BCUT2D eigenvalue weighted by molar-refractivity contribution is 6.31. The molecule has 0 saturated heterocycles. The van der Waals surface area contributed by atoms with Crippen molar-refractivity contribution in [3.63, 3.8) is 0 Å². The van der Waals surface area contributed by atoms with Gasteiger partial charge in [0.15, 0.2) is 0 Å². The predicted molar refractivity (Wildman–Crippen MR) is 61.3 cm³/mol. The molecule has 2 nitrogen and oxygen atoms in total. The summed E-state index contributed by atoms with van der Waals surface area (Å²) < 4.78 is 0. The van der Waals surface area contributed by atoms with Crippen molar-refractivity contribution in [2.75, 3.05) is 0 Å². The van der Waals surface area contributed by atoms with Crippen LogP contribution in [0.4, 0.5) is 0 Å². The molecule has 15 heavy (non-hydrogen) atoms. The molecule has 0 amide bonds. The molecule has 0 aliphatic heterocycles. The van der Waals surface area contributed by atoms with Crippen molar-refractivity contribution >= 4 is 17.6 Å². The molecule has 0 aliphatic rings. The first-order valence-electron chi connectivity index (χ1n) is 4.75. The van der Waals surface area contributed by atoms with E-state index in [0.717, 1.165) is 0 Å². The maximum absolute atomic E-state index is 11.1. The fourth-order valence-corrected chi connectivity index (χ4v) is 1.66. The maximum Gasteiger partial charge on any atom is 0.311 e. The van der Waals surface area contributed by atoms with Crippen molar-refractivity contribution in [1.29, 1.82) is 0 Å². The number of rotatable bonds is 4. The second kappa shape index (κ2) is 5.56. The molecule has 0 saturated carbocycles. The van der Waals surface area contributed by atoms with Gasteiger partial charge in [-0.2, -0.15) is 0 Å². The molecule has 1 rings (SSSR count). The molecule has 0 spiro atoms. The van der Waals surface area contributed by atoms with Crippen molar-refractivity contribution < 1.29 is 9.90 Å². The van der Waals surface area contributed by atoms with Gasteiger partial charge in [0.05, 0.1) is 5.92 Å². The number of allylic oxidation sites excluding steroid dienone is 2. The fourth-order valence-electron chi connectivity index (χ4n) is 1.39. The number of hydrogen-bond acceptors (Lipinski definition) is 1. The fraction of sp³-hybridized carbons (Fsp3) is 0.250. The lowest BCUT2D eigenvalue weighted by atomic mass is 9.95. The van der Waals surface area contributed by atoms with Crippen molar-refractivity contribution in [2.45, 2.75) is 19.3 Å². The van der Waals surface area contributed by atoms with Gasteiger partial charge >= 0.3 is 5.97 Å². The molecule has 1 aromatic rings. The van der Waals surface area contributed by atoms with E-state index in [4.69, 9.17) is 16.7 Å². The summed E-state index contributed by atoms with van der Waals surface area (Å²) in [5.41, 5.74) is 0.671. The van der Waals surface area contributed by atoms with Crippen LogP contribution in [-0.2, 0) is 4.79 Å². The second-order valence-corrected chi connectivity index (χ2v) is 3.62. The van der Waals surface area contributed by atoms with E-state index in [0.29, 0.717) is 17.0 Å². The second-order valence-electron chi connectivity index (χ2n) is 3.22. The zero-order chi connectivity index (χ0) is 11.3. The van der Waals surface area contributed by atoms with E-state index in [-0.39, 0.29) is 0 Å². The Kier molecular flexibility index (Phi) is 4.37. The van der Waals surface area contributed by atoms with Gasteiger partial charge in [-0.15, -0.1) is 0 Å². The molecule has 0 radical (unpaired) electrons. The third-order valence-corrected chi connectivity index (χ3v) is 2.53. The summed E-state index contributed by atoms with van der Waals surface area (Å²) in [6, 6.07) is 7.06.